The predicted molar refractivity (Wildman–Crippen MR) is 72.7 cm³/mol. The second-order valence-electron chi connectivity index (χ2n) is 4.44. The van der Waals surface area contributed by atoms with Crippen LogP contribution < -0.4 is 0 Å². The Morgan fingerprint density at radius 1 is 0.850 bits per heavy atom. The summed E-state index contributed by atoms with van der Waals surface area (Å²) in [7, 11) is 0. The molecule has 102 valence electrons. The van der Waals surface area contributed by atoms with E-state index in [4.69, 9.17) is 0 Å². The quantitative estimate of drug-likeness (QED) is 0.709. The normalized spacial score (nSPS) is 10.0. The van der Waals surface area contributed by atoms with Crippen LogP contribution in [-0.4, -0.2) is 0 Å². The summed E-state index contributed by atoms with van der Waals surface area (Å²) in [6, 6.07) is 8.23. The molecule has 0 nitrogen and oxygen atoms in total. The molecular formula is C17H13F3. The minimum atomic E-state index is -0.962. The number of benzene rings is 2. The molecular weight excluding hydrogens is 261 g/mol. The van der Waals surface area contributed by atoms with E-state index < -0.39 is 17.5 Å². The van der Waals surface area contributed by atoms with E-state index in [1.165, 1.54) is 12.1 Å². The topological polar surface area (TPSA) is 0 Å². The van der Waals surface area contributed by atoms with Crippen LogP contribution in [0.5, 0.6) is 0 Å². The Morgan fingerprint density at radius 2 is 1.65 bits per heavy atom. The zero-order valence-corrected chi connectivity index (χ0v) is 11.0. The Morgan fingerprint density at radius 3 is 2.30 bits per heavy atom. The maximum absolute atomic E-state index is 13.8. The van der Waals surface area contributed by atoms with Gasteiger partial charge in [0.25, 0.3) is 0 Å². The summed E-state index contributed by atoms with van der Waals surface area (Å²) in [5.74, 6) is 2.97. The van der Waals surface area contributed by atoms with Gasteiger partial charge in [-0.1, -0.05) is 31.3 Å². The molecule has 0 heterocycles. The van der Waals surface area contributed by atoms with Gasteiger partial charge in [-0.15, -0.1) is 0 Å². The highest BCUT2D eigenvalue weighted by molar-refractivity contribution is 5.44. The SMILES string of the molecule is CCCc1ccc(C#Cc2ccc(F)c(F)c2)c(F)c1. The number of aryl methyl sites for hydroxylation is 1. The second kappa shape index (κ2) is 6.29. The molecule has 0 atom stereocenters. The van der Waals surface area contributed by atoms with Crippen molar-refractivity contribution in [1.82, 2.24) is 0 Å². The summed E-state index contributed by atoms with van der Waals surface area (Å²) >= 11 is 0. The van der Waals surface area contributed by atoms with Crippen LogP contribution >= 0.6 is 0 Å². The van der Waals surface area contributed by atoms with E-state index in [2.05, 4.69) is 11.8 Å². The molecule has 0 spiro atoms. The lowest BCUT2D eigenvalue weighted by Crippen LogP contribution is -1.89. The highest BCUT2D eigenvalue weighted by Crippen LogP contribution is 2.12. The molecule has 0 bridgehead atoms. The average molecular weight is 274 g/mol. The largest absolute Gasteiger partial charge is 0.206 e. The zero-order valence-electron chi connectivity index (χ0n) is 11.0. The summed E-state index contributed by atoms with van der Waals surface area (Å²) in [5.41, 5.74) is 1.47. The fourth-order valence-electron chi connectivity index (χ4n) is 1.82. The van der Waals surface area contributed by atoms with Gasteiger partial charge in [-0.25, -0.2) is 13.2 Å². The van der Waals surface area contributed by atoms with E-state index in [0.29, 0.717) is 5.56 Å². The molecule has 2 rings (SSSR count). The molecule has 0 amide bonds. The number of rotatable bonds is 2. The average Bonchev–Trinajstić information content (AvgIpc) is 2.42. The molecule has 0 aliphatic rings. The van der Waals surface area contributed by atoms with Crippen LogP contribution in [0, 0.1) is 29.3 Å². The Labute approximate surface area is 116 Å². The maximum Gasteiger partial charge on any atom is 0.160 e. The number of hydrogen-bond donors (Lipinski definition) is 0. The minimum Gasteiger partial charge on any atom is -0.206 e. The van der Waals surface area contributed by atoms with E-state index in [1.54, 1.807) is 6.07 Å². The Hall–Kier alpha value is -2.21. The molecule has 0 saturated carbocycles. The molecule has 20 heavy (non-hydrogen) atoms. The van der Waals surface area contributed by atoms with Crippen molar-refractivity contribution < 1.29 is 13.2 Å². The van der Waals surface area contributed by atoms with Crippen molar-refractivity contribution in [2.24, 2.45) is 0 Å². The van der Waals surface area contributed by atoms with Crippen molar-refractivity contribution in [2.75, 3.05) is 0 Å². The summed E-state index contributed by atoms with van der Waals surface area (Å²) in [6.45, 7) is 2.02. The smallest absolute Gasteiger partial charge is 0.160 e. The van der Waals surface area contributed by atoms with E-state index >= 15 is 0 Å². The van der Waals surface area contributed by atoms with Gasteiger partial charge >= 0.3 is 0 Å². The van der Waals surface area contributed by atoms with Crippen LogP contribution in [0.1, 0.15) is 30.0 Å². The van der Waals surface area contributed by atoms with E-state index in [-0.39, 0.29) is 5.56 Å². The highest BCUT2D eigenvalue weighted by atomic mass is 19.2. The van der Waals surface area contributed by atoms with Gasteiger partial charge in [0.15, 0.2) is 11.6 Å². The van der Waals surface area contributed by atoms with Crippen molar-refractivity contribution in [3.8, 4) is 11.8 Å². The molecule has 0 aliphatic carbocycles. The summed E-state index contributed by atoms with van der Waals surface area (Å²) in [6.07, 6.45) is 1.76. The highest BCUT2D eigenvalue weighted by Gasteiger charge is 2.02. The molecule has 3 heteroatoms. The van der Waals surface area contributed by atoms with E-state index in [0.717, 1.165) is 30.5 Å². The van der Waals surface area contributed by atoms with Crippen molar-refractivity contribution in [1.29, 1.82) is 0 Å². The Kier molecular flexibility index (Phi) is 4.47. The van der Waals surface area contributed by atoms with Crippen molar-refractivity contribution in [2.45, 2.75) is 19.8 Å². The first kappa shape index (κ1) is 14.2. The van der Waals surface area contributed by atoms with Crippen LogP contribution in [0.2, 0.25) is 0 Å². The fourth-order valence-corrected chi connectivity index (χ4v) is 1.82. The van der Waals surface area contributed by atoms with Crippen LogP contribution in [0.15, 0.2) is 36.4 Å². The van der Waals surface area contributed by atoms with Gasteiger partial charge in [-0.3, -0.25) is 0 Å². The molecule has 0 unspecified atom stereocenters. The second-order valence-corrected chi connectivity index (χ2v) is 4.44. The lowest BCUT2D eigenvalue weighted by molar-refractivity contribution is 0.508. The number of hydrogen-bond acceptors (Lipinski definition) is 0. The fraction of sp³-hybridized carbons (Fsp3) is 0.176. The van der Waals surface area contributed by atoms with Crippen LogP contribution in [-0.2, 0) is 6.42 Å². The lowest BCUT2D eigenvalue weighted by atomic mass is 10.1. The third kappa shape index (κ3) is 3.42. The van der Waals surface area contributed by atoms with Crippen LogP contribution in [0.25, 0.3) is 0 Å². The first-order valence-electron chi connectivity index (χ1n) is 6.35. The van der Waals surface area contributed by atoms with Crippen LogP contribution in [0.4, 0.5) is 13.2 Å². The van der Waals surface area contributed by atoms with Gasteiger partial charge in [-0.2, -0.15) is 0 Å². The molecule has 2 aromatic carbocycles. The first-order chi connectivity index (χ1) is 9.60. The molecule has 2 aromatic rings. The molecule has 0 N–H and O–H groups in total. The molecule has 0 radical (unpaired) electrons. The van der Waals surface area contributed by atoms with Gasteiger partial charge in [0.1, 0.15) is 5.82 Å². The van der Waals surface area contributed by atoms with Gasteiger partial charge in [-0.05, 0) is 42.3 Å². The third-order valence-corrected chi connectivity index (χ3v) is 2.83. The number of halogens is 3. The predicted octanol–water partition coefficient (Wildman–Crippen LogP) is 4.46. The monoisotopic (exact) mass is 274 g/mol. The summed E-state index contributed by atoms with van der Waals surface area (Å²) in [5, 5.41) is 0. The standard InChI is InChI=1S/C17H13F3/c1-2-3-12-4-7-14(16(19)10-12)8-5-13-6-9-15(18)17(20)11-13/h4,6-7,9-11H,2-3H2,1H3. The maximum atomic E-state index is 13.8. The molecule has 0 fully saturated rings. The van der Waals surface area contributed by atoms with Crippen molar-refractivity contribution >= 4 is 0 Å². The minimum absolute atomic E-state index is 0.245. The molecule has 0 aromatic heterocycles. The molecule has 0 aliphatic heterocycles. The first-order valence-corrected chi connectivity index (χ1v) is 6.35. The van der Waals surface area contributed by atoms with Crippen molar-refractivity contribution in [3.05, 3.63) is 70.5 Å². The lowest BCUT2D eigenvalue weighted by Gasteiger charge is -2.00. The van der Waals surface area contributed by atoms with Gasteiger partial charge < -0.3 is 0 Å². The van der Waals surface area contributed by atoms with Gasteiger partial charge in [0.05, 0.1) is 5.56 Å². The Bertz CT molecular complexity index is 678. The summed E-state index contributed by atoms with van der Waals surface area (Å²) in [4.78, 5) is 0. The summed E-state index contributed by atoms with van der Waals surface area (Å²) < 4.78 is 39.5. The molecule has 0 saturated heterocycles. The van der Waals surface area contributed by atoms with E-state index in [1.807, 2.05) is 13.0 Å². The van der Waals surface area contributed by atoms with Gasteiger partial charge in [0, 0.05) is 5.56 Å². The Balaban J connectivity index is 2.26. The van der Waals surface area contributed by atoms with E-state index in [9.17, 15) is 13.2 Å². The van der Waals surface area contributed by atoms with Crippen molar-refractivity contribution in [3.63, 3.8) is 0 Å². The third-order valence-electron chi connectivity index (χ3n) is 2.83. The van der Waals surface area contributed by atoms with Gasteiger partial charge in [0.2, 0.25) is 0 Å². The zero-order chi connectivity index (χ0) is 14.5. The van der Waals surface area contributed by atoms with Crippen LogP contribution in [0.3, 0.4) is 0 Å².